The van der Waals surface area contributed by atoms with Crippen LogP contribution < -0.4 is 9.47 Å². The lowest BCUT2D eigenvalue weighted by atomic mass is 9.87. The van der Waals surface area contributed by atoms with E-state index in [1.54, 1.807) is 24.3 Å². The van der Waals surface area contributed by atoms with Crippen molar-refractivity contribution in [2.75, 3.05) is 6.79 Å². The Morgan fingerprint density at radius 3 is 2.36 bits per heavy atom. The molecular weight excluding hydrogens is 348 g/mol. The number of Topliss-reactive ketones (excluding diaryl/α,β-unsaturated/α-hetero) is 2. The van der Waals surface area contributed by atoms with E-state index >= 15 is 0 Å². The Hall–Kier alpha value is -2.86. The highest BCUT2D eigenvalue weighted by Crippen LogP contribution is 2.37. The van der Waals surface area contributed by atoms with Gasteiger partial charge in [-0.15, -0.1) is 0 Å². The van der Waals surface area contributed by atoms with E-state index in [1.807, 2.05) is 0 Å². The Labute approximate surface area is 147 Å². The molecule has 6 nitrogen and oxygen atoms in total. The molecule has 1 unspecified atom stereocenters. The SMILES string of the molecule is O=C(O)C(=O)C(Cc1cc2c(cc1Cl)OCO2)C(=O)c1ccccc1. The summed E-state index contributed by atoms with van der Waals surface area (Å²) in [6.45, 7) is 0.0511. The molecule has 1 aliphatic rings. The lowest BCUT2D eigenvalue weighted by molar-refractivity contribution is -0.150. The molecule has 1 N–H and O–H groups in total. The largest absolute Gasteiger partial charge is 0.475 e. The number of carbonyl (C=O) groups is 3. The van der Waals surface area contributed by atoms with Crippen LogP contribution in [0.4, 0.5) is 0 Å². The number of benzene rings is 2. The van der Waals surface area contributed by atoms with Crippen LogP contribution in [0.1, 0.15) is 15.9 Å². The first-order valence-electron chi connectivity index (χ1n) is 7.42. The first-order valence-corrected chi connectivity index (χ1v) is 7.79. The topological polar surface area (TPSA) is 89.9 Å². The normalized spacial score (nSPS) is 13.3. The van der Waals surface area contributed by atoms with Gasteiger partial charge in [-0.1, -0.05) is 41.9 Å². The van der Waals surface area contributed by atoms with Crippen LogP contribution in [0.5, 0.6) is 11.5 Å². The molecule has 0 saturated heterocycles. The van der Waals surface area contributed by atoms with Crippen LogP contribution in [-0.2, 0) is 16.0 Å². The fraction of sp³-hybridized carbons (Fsp3) is 0.167. The molecule has 0 bridgehead atoms. The van der Waals surface area contributed by atoms with Crippen LogP contribution in [0.15, 0.2) is 42.5 Å². The second kappa shape index (κ2) is 6.94. The summed E-state index contributed by atoms with van der Waals surface area (Å²) in [4.78, 5) is 35.9. The van der Waals surface area contributed by atoms with Gasteiger partial charge in [0.25, 0.3) is 5.78 Å². The van der Waals surface area contributed by atoms with E-state index in [1.165, 1.54) is 18.2 Å². The summed E-state index contributed by atoms with van der Waals surface area (Å²) in [7, 11) is 0. The first kappa shape index (κ1) is 17.0. The Kier molecular flexibility index (Phi) is 4.72. The maximum atomic E-state index is 12.7. The maximum absolute atomic E-state index is 12.7. The van der Waals surface area contributed by atoms with Gasteiger partial charge in [0, 0.05) is 16.7 Å². The van der Waals surface area contributed by atoms with Gasteiger partial charge in [0.05, 0.1) is 5.92 Å². The summed E-state index contributed by atoms with van der Waals surface area (Å²) in [5.41, 5.74) is 0.703. The van der Waals surface area contributed by atoms with Gasteiger partial charge in [-0.05, 0) is 18.1 Å². The van der Waals surface area contributed by atoms with Crippen LogP contribution in [0, 0.1) is 5.92 Å². The van der Waals surface area contributed by atoms with E-state index < -0.39 is 23.5 Å². The van der Waals surface area contributed by atoms with Gasteiger partial charge in [-0.2, -0.15) is 0 Å². The summed E-state index contributed by atoms with van der Waals surface area (Å²) in [5.74, 6) is -3.88. The van der Waals surface area contributed by atoms with Crippen molar-refractivity contribution in [1.29, 1.82) is 0 Å². The monoisotopic (exact) mass is 360 g/mol. The second-order valence-corrected chi connectivity index (χ2v) is 5.86. The highest BCUT2D eigenvalue weighted by Gasteiger charge is 2.33. The molecular formula is C18H13ClO6. The van der Waals surface area contributed by atoms with E-state index in [0.717, 1.165) is 0 Å². The van der Waals surface area contributed by atoms with Crippen LogP contribution in [-0.4, -0.2) is 29.4 Å². The molecule has 0 saturated carbocycles. The number of fused-ring (bicyclic) bond motifs is 1. The number of carbonyl (C=O) groups excluding carboxylic acids is 2. The molecule has 0 aromatic heterocycles. The van der Waals surface area contributed by atoms with Gasteiger partial charge >= 0.3 is 5.97 Å². The predicted octanol–water partition coefficient (Wildman–Crippen LogP) is 2.76. The molecule has 2 aromatic rings. The van der Waals surface area contributed by atoms with Crippen molar-refractivity contribution in [1.82, 2.24) is 0 Å². The molecule has 0 radical (unpaired) electrons. The second-order valence-electron chi connectivity index (χ2n) is 5.45. The molecule has 128 valence electrons. The zero-order valence-corrected chi connectivity index (χ0v) is 13.7. The minimum atomic E-state index is -1.66. The predicted molar refractivity (Wildman–Crippen MR) is 88.2 cm³/mol. The summed E-state index contributed by atoms with van der Waals surface area (Å²) in [6, 6.07) is 11.2. The molecule has 0 fully saturated rings. The molecule has 2 aromatic carbocycles. The number of rotatable bonds is 6. The van der Waals surface area contributed by atoms with Gasteiger partial charge in [-0.25, -0.2) is 4.79 Å². The molecule has 0 amide bonds. The number of hydrogen-bond acceptors (Lipinski definition) is 5. The summed E-state index contributed by atoms with van der Waals surface area (Å²) >= 11 is 6.18. The van der Waals surface area contributed by atoms with Gasteiger partial charge in [0.15, 0.2) is 17.3 Å². The standard InChI is InChI=1S/C18H13ClO6/c19-13-8-15-14(24-9-25-15)7-11(13)6-12(17(21)18(22)23)16(20)10-4-2-1-3-5-10/h1-5,7-8,12H,6,9H2,(H,22,23). The molecule has 0 aliphatic carbocycles. The fourth-order valence-corrected chi connectivity index (χ4v) is 2.82. The number of ketones is 2. The number of carboxylic acids is 1. The Bertz CT molecular complexity index is 846. The number of carboxylic acid groups (broad SMARTS) is 1. The van der Waals surface area contributed by atoms with E-state index in [9.17, 15) is 14.4 Å². The first-order chi connectivity index (χ1) is 12.0. The maximum Gasteiger partial charge on any atom is 0.372 e. The smallest absolute Gasteiger partial charge is 0.372 e. The van der Waals surface area contributed by atoms with E-state index in [0.29, 0.717) is 17.1 Å². The highest BCUT2D eigenvalue weighted by molar-refractivity contribution is 6.39. The van der Waals surface area contributed by atoms with Crippen molar-refractivity contribution in [2.24, 2.45) is 5.92 Å². The van der Waals surface area contributed by atoms with Crippen LogP contribution in [0.3, 0.4) is 0 Å². The minimum Gasteiger partial charge on any atom is -0.475 e. The molecule has 1 heterocycles. The van der Waals surface area contributed by atoms with Crippen LogP contribution in [0.2, 0.25) is 5.02 Å². The number of hydrogen-bond donors (Lipinski definition) is 1. The van der Waals surface area contributed by atoms with Gasteiger partial charge in [0.2, 0.25) is 6.79 Å². The molecule has 25 heavy (non-hydrogen) atoms. The van der Waals surface area contributed by atoms with Crippen molar-refractivity contribution >= 4 is 29.1 Å². The lowest BCUT2D eigenvalue weighted by Crippen LogP contribution is -2.32. The third-order valence-electron chi connectivity index (χ3n) is 3.87. The number of halogens is 1. The van der Waals surface area contributed by atoms with E-state index in [2.05, 4.69) is 0 Å². The molecule has 1 aliphatic heterocycles. The van der Waals surface area contributed by atoms with Crippen LogP contribution in [0.25, 0.3) is 0 Å². The number of aliphatic carboxylic acids is 1. The van der Waals surface area contributed by atoms with Crippen molar-refractivity contribution in [3.8, 4) is 11.5 Å². The van der Waals surface area contributed by atoms with Crippen molar-refractivity contribution in [2.45, 2.75) is 6.42 Å². The average molecular weight is 361 g/mol. The quantitative estimate of drug-likeness (QED) is 0.484. The third-order valence-corrected chi connectivity index (χ3v) is 4.22. The third kappa shape index (κ3) is 3.49. The Morgan fingerprint density at radius 1 is 1.08 bits per heavy atom. The Balaban J connectivity index is 1.95. The van der Waals surface area contributed by atoms with Crippen molar-refractivity contribution < 1.29 is 29.0 Å². The Morgan fingerprint density at radius 2 is 1.72 bits per heavy atom. The van der Waals surface area contributed by atoms with Crippen LogP contribution >= 0.6 is 11.6 Å². The molecule has 7 heteroatoms. The van der Waals surface area contributed by atoms with Gasteiger partial charge in [0.1, 0.15) is 0 Å². The molecule has 3 rings (SSSR count). The summed E-state index contributed by atoms with van der Waals surface area (Å²) < 4.78 is 10.5. The number of ether oxygens (including phenoxy) is 2. The average Bonchev–Trinajstić information content (AvgIpc) is 3.06. The lowest BCUT2D eigenvalue weighted by Gasteiger charge is -2.14. The molecule has 0 spiro atoms. The van der Waals surface area contributed by atoms with Gasteiger partial charge in [-0.3, -0.25) is 9.59 Å². The van der Waals surface area contributed by atoms with Crippen molar-refractivity contribution in [3.63, 3.8) is 0 Å². The van der Waals surface area contributed by atoms with Gasteiger partial charge < -0.3 is 14.6 Å². The van der Waals surface area contributed by atoms with E-state index in [4.69, 9.17) is 26.2 Å². The zero-order chi connectivity index (χ0) is 18.0. The minimum absolute atomic E-state index is 0.0511. The highest BCUT2D eigenvalue weighted by atomic mass is 35.5. The van der Waals surface area contributed by atoms with E-state index in [-0.39, 0.29) is 23.8 Å². The summed E-state index contributed by atoms with van der Waals surface area (Å²) in [5, 5.41) is 9.34. The zero-order valence-electron chi connectivity index (χ0n) is 12.9. The summed E-state index contributed by atoms with van der Waals surface area (Å²) in [6.07, 6.45) is -0.145. The molecule has 1 atom stereocenters. The fourth-order valence-electron chi connectivity index (χ4n) is 2.59. The van der Waals surface area contributed by atoms with Crippen molar-refractivity contribution in [3.05, 3.63) is 58.6 Å².